The Morgan fingerprint density at radius 1 is 0.911 bits per heavy atom. The molecule has 2 heterocycles. The molecule has 5 N–H and O–H groups in total. The van der Waals surface area contributed by atoms with Gasteiger partial charge in [-0.2, -0.15) is 0 Å². The summed E-state index contributed by atoms with van der Waals surface area (Å²) < 4.78 is 14.5. The molecule has 45 heavy (non-hydrogen) atoms. The molecule has 3 aromatic carbocycles. The van der Waals surface area contributed by atoms with Gasteiger partial charge in [0.2, 0.25) is 11.8 Å². The van der Waals surface area contributed by atoms with E-state index in [-0.39, 0.29) is 42.2 Å². The molecule has 1 aromatic heterocycles. The van der Waals surface area contributed by atoms with E-state index in [1.165, 1.54) is 0 Å². The lowest BCUT2D eigenvalue weighted by molar-refractivity contribution is -0.252. The Bertz CT molecular complexity index is 1600. The van der Waals surface area contributed by atoms with Crippen LogP contribution in [0.25, 0.3) is 0 Å². The summed E-state index contributed by atoms with van der Waals surface area (Å²) in [5, 5.41) is 15.7. The minimum absolute atomic E-state index is 0.0369. The maximum atomic E-state index is 12.5. The van der Waals surface area contributed by atoms with E-state index in [2.05, 4.69) is 15.6 Å². The number of halogens is 2. The van der Waals surface area contributed by atoms with Gasteiger partial charge in [0.05, 0.1) is 43.1 Å². The Morgan fingerprint density at radius 3 is 2.22 bits per heavy atom. The first kappa shape index (κ1) is 32.5. The van der Waals surface area contributed by atoms with Crippen LogP contribution in [-0.4, -0.2) is 32.6 Å². The van der Waals surface area contributed by atoms with Gasteiger partial charge in [-0.05, 0) is 48.2 Å². The van der Waals surface area contributed by atoms with E-state index >= 15 is 0 Å². The molecule has 0 unspecified atom stereocenters. The molecule has 0 aliphatic carbocycles. The number of aliphatic hydroxyl groups is 1. The molecule has 1 fully saturated rings. The van der Waals surface area contributed by atoms with E-state index < -0.39 is 6.29 Å². The van der Waals surface area contributed by atoms with Crippen LogP contribution in [0.3, 0.4) is 0 Å². The van der Waals surface area contributed by atoms with Gasteiger partial charge in [-0.3, -0.25) is 9.59 Å². The van der Waals surface area contributed by atoms with Crippen molar-refractivity contribution < 1.29 is 24.2 Å². The number of carbonyl (C=O) groups is 2. The van der Waals surface area contributed by atoms with Gasteiger partial charge in [0.25, 0.3) is 0 Å². The van der Waals surface area contributed by atoms with Crippen molar-refractivity contribution in [3.8, 4) is 0 Å². The van der Waals surface area contributed by atoms with E-state index in [4.69, 9.17) is 38.4 Å². The number of hydrogen-bond acceptors (Lipinski definition) is 7. The number of hydrogen-bond donors (Lipinski definition) is 4. The number of nitrogens with two attached hydrogens (primary N) is 1. The Hall–Kier alpha value is -3.93. The first-order valence-corrected chi connectivity index (χ1v) is 15.5. The highest BCUT2D eigenvalue weighted by molar-refractivity contribution is 6.40. The van der Waals surface area contributed by atoms with E-state index in [1.54, 1.807) is 47.3 Å². The lowest BCUT2D eigenvalue weighted by Crippen LogP contribution is -2.32. The van der Waals surface area contributed by atoms with Gasteiger partial charge in [0, 0.05) is 30.5 Å². The van der Waals surface area contributed by atoms with Gasteiger partial charge in [-0.15, -0.1) is 0 Å². The molecule has 1 saturated heterocycles. The van der Waals surface area contributed by atoms with Crippen LogP contribution in [0.2, 0.25) is 10.3 Å². The number of amides is 2. The van der Waals surface area contributed by atoms with Crippen molar-refractivity contribution in [3.05, 3.63) is 106 Å². The maximum Gasteiger partial charge on any atom is 0.224 e. The predicted octanol–water partition coefficient (Wildman–Crippen LogP) is 6.65. The van der Waals surface area contributed by atoms with Crippen molar-refractivity contribution in [1.82, 2.24) is 9.55 Å². The third kappa shape index (κ3) is 8.84. The Kier molecular flexibility index (Phi) is 11.1. The summed E-state index contributed by atoms with van der Waals surface area (Å²) in [6.45, 7) is 0.393. The first-order chi connectivity index (χ1) is 21.8. The lowest BCUT2D eigenvalue weighted by atomic mass is 10.00. The number of unbranched alkanes of at least 4 members (excludes halogenated alkanes) is 1. The van der Waals surface area contributed by atoms with Crippen LogP contribution >= 0.6 is 23.2 Å². The third-order valence-electron chi connectivity index (χ3n) is 7.51. The average molecular weight is 653 g/mol. The molecule has 5 rings (SSSR count). The van der Waals surface area contributed by atoms with Gasteiger partial charge < -0.3 is 35.5 Å². The fraction of sp³-hybridized carbons (Fsp3) is 0.303. The molecule has 236 valence electrons. The highest BCUT2D eigenvalue weighted by atomic mass is 35.5. The van der Waals surface area contributed by atoms with Crippen LogP contribution in [0.5, 0.6) is 0 Å². The monoisotopic (exact) mass is 651 g/mol. The number of para-hydroxylation sites is 2. The van der Waals surface area contributed by atoms with Crippen LogP contribution in [0, 0.1) is 0 Å². The zero-order valence-corrected chi connectivity index (χ0v) is 26.0. The summed E-state index contributed by atoms with van der Waals surface area (Å²) in [7, 11) is 0. The Labute approximate surface area is 271 Å². The third-order valence-corrected chi connectivity index (χ3v) is 8.28. The molecule has 0 radical (unpaired) electrons. The maximum absolute atomic E-state index is 12.5. The number of nitrogen functional groups attached to an aromatic ring is 1. The van der Waals surface area contributed by atoms with E-state index in [9.17, 15) is 14.7 Å². The zero-order valence-electron chi connectivity index (χ0n) is 24.5. The predicted molar refractivity (Wildman–Crippen MR) is 174 cm³/mol. The summed E-state index contributed by atoms with van der Waals surface area (Å²) in [5.74, 6) is -0.275. The minimum atomic E-state index is -0.675. The van der Waals surface area contributed by atoms with Crippen LogP contribution in [0.4, 0.5) is 17.1 Å². The summed E-state index contributed by atoms with van der Waals surface area (Å²) in [6.07, 6.45) is 2.66. The number of imidazole rings is 1. The molecule has 4 aromatic rings. The van der Waals surface area contributed by atoms with Crippen molar-refractivity contribution >= 4 is 52.1 Å². The number of aliphatic hydroxyl groups excluding tert-OH is 1. The Balaban J connectivity index is 1.15. The van der Waals surface area contributed by atoms with Crippen molar-refractivity contribution in [2.45, 2.75) is 63.8 Å². The second-order valence-electron chi connectivity index (χ2n) is 10.8. The zero-order chi connectivity index (χ0) is 31.8. The summed E-state index contributed by atoms with van der Waals surface area (Å²) in [4.78, 5) is 28.8. The fourth-order valence-corrected chi connectivity index (χ4v) is 5.38. The molecule has 1 aliphatic heterocycles. The number of anilines is 3. The first-order valence-electron chi connectivity index (χ1n) is 14.7. The lowest BCUT2D eigenvalue weighted by Gasteiger charge is -2.36. The van der Waals surface area contributed by atoms with Crippen LogP contribution in [0.1, 0.15) is 61.2 Å². The van der Waals surface area contributed by atoms with E-state index in [0.29, 0.717) is 54.4 Å². The molecule has 12 heteroatoms. The largest absolute Gasteiger partial charge is 0.397 e. The quantitative estimate of drug-likeness (QED) is 0.0993. The highest BCUT2D eigenvalue weighted by Crippen LogP contribution is 2.39. The number of aromatic nitrogens is 2. The van der Waals surface area contributed by atoms with E-state index in [1.807, 2.05) is 36.4 Å². The normalized spacial score (nSPS) is 18.0. The molecule has 3 atom stereocenters. The number of nitrogens with one attached hydrogen (secondary N) is 2. The van der Waals surface area contributed by atoms with Crippen molar-refractivity contribution in [2.24, 2.45) is 0 Å². The molecule has 0 bridgehead atoms. The standard InChI is InChI=1S/C33H35Cl2N5O5/c34-31-32(35)40(20-37-31)18-25-17-28(22-11-9-21(19-41)10-12-22)45-33(44-25)23-13-15-24(16-14-23)38-29(42)7-3-4-8-30(43)39-27-6-2-1-5-26(27)36/h1-2,5-6,9-16,20,25,28,33,41H,3-4,7-8,17-19,36H2,(H,38,42)(H,39,43)/t25-,28+,33+/m0/s1. The molecular formula is C33H35Cl2N5O5. The number of ether oxygens (including phenoxy) is 2. The van der Waals surface area contributed by atoms with Crippen molar-refractivity contribution in [2.75, 3.05) is 16.4 Å². The SMILES string of the molecule is Nc1ccccc1NC(=O)CCCCC(=O)Nc1ccc([C@@H]2O[C@H](Cn3cnc(Cl)c3Cl)C[C@H](c3ccc(CO)cc3)O2)cc1. The van der Waals surface area contributed by atoms with Gasteiger partial charge in [-0.1, -0.05) is 71.7 Å². The topological polar surface area (TPSA) is 141 Å². The molecule has 2 amide bonds. The number of carbonyl (C=O) groups excluding carboxylic acids is 2. The molecule has 10 nitrogen and oxygen atoms in total. The van der Waals surface area contributed by atoms with Gasteiger partial charge >= 0.3 is 0 Å². The summed E-state index contributed by atoms with van der Waals surface area (Å²) in [5.41, 5.74) is 10.2. The minimum Gasteiger partial charge on any atom is -0.397 e. The van der Waals surface area contributed by atoms with Crippen LogP contribution in [0.15, 0.2) is 79.1 Å². The molecule has 1 aliphatic rings. The summed E-state index contributed by atoms with van der Waals surface area (Å²) >= 11 is 12.4. The van der Waals surface area contributed by atoms with Gasteiger partial charge in [-0.25, -0.2) is 4.98 Å². The van der Waals surface area contributed by atoms with Gasteiger partial charge in [0.15, 0.2) is 11.4 Å². The summed E-state index contributed by atoms with van der Waals surface area (Å²) in [6, 6.07) is 22.0. The second kappa shape index (κ2) is 15.4. The number of benzene rings is 3. The molecule has 0 saturated carbocycles. The van der Waals surface area contributed by atoms with E-state index in [0.717, 1.165) is 16.7 Å². The smallest absolute Gasteiger partial charge is 0.224 e. The molecular weight excluding hydrogens is 617 g/mol. The number of rotatable bonds is 12. The Morgan fingerprint density at radius 2 is 1.58 bits per heavy atom. The van der Waals surface area contributed by atoms with Crippen LogP contribution in [-0.2, 0) is 32.2 Å². The van der Waals surface area contributed by atoms with Crippen molar-refractivity contribution in [3.63, 3.8) is 0 Å². The van der Waals surface area contributed by atoms with Gasteiger partial charge in [0.1, 0.15) is 5.15 Å². The molecule has 0 spiro atoms. The highest BCUT2D eigenvalue weighted by Gasteiger charge is 2.33. The average Bonchev–Trinajstić information content (AvgIpc) is 3.36. The fourth-order valence-electron chi connectivity index (χ4n) is 5.06. The van der Waals surface area contributed by atoms with Crippen molar-refractivity contribution in [1.29, 1.82) is 0 Å². The van der Waals surface area contributed by atoms with Crippen LogP contribution < -0.4 is 16.4 Å². The number of nitrogens with zero attached hydrogens (tertiary/aromatic N) is 2. The second-order valence-corrected chi connectivity index (χ2v) is 11.6.